The lowest BCUT2D eigenvalue weighted by Crippen LogP contribution is -2.02. The number of aromatic hydroxyl groups is 2. The molecule has 3 rings (SSSR count). The van der Waals surface area contributed by atoms with Crippen LogP contribution in [-0.4, -0.2) is 10.2 Å². The van der Waals surface area contributed by atoms with Crippen molar-refractivity contribution in [3.05, 3.63) is 58.7 Å². The van der Waals surface area contributed by atoms with Gasteiger partial charge < -0.3 is 14.6 Å². The lowest BCUT2D eigenvalue weighted by Gasteiger charge is -2.05. The van der Waals surface area contributed by atoms with Gasteiger partial charge in [-0.15, -0.1) is 0 Å². The van der Waals surface area contributed by atoms with E-state index in [-0.39, 0.29) is 16.9 Å². The molecule has 0 atom stereocenters. The maximum Gasteiger partial charge on any atom is 0.344 e. The maximum absolute atomic E-state index is 13.2. The third-order valence-electron chi connectivity index (χ3n) is 2.99. The zero-order chi connectivity index (χ0) is 14.3. The van der Waals surface area contributed by atoms with Gasteiger partial charge in [0.15, 0.2) is 11.3 Å². The first kappa shape index (κ1) is 12.2. The summed E-state index contributed by atoms with van der Waals surface area (Å²) in [5.41, 5.74) is -0.255. The molecule has 3 aromatic rings. The minimum Gasteiger partial charge on any atom is -0.504 e. The predicted octanol–water partition coefficient (Wildman–Crippen LogP) is 3.01. The molecule has 100 valence electrons. The van der Waals surface area contributed by atoms with E-state index >= 15 is 0 Å². The SMILES string of the molecule is O=c1oc2c(O)c(O)ccc2cc1-c1cccc(F)c1. The Hall–Kier alpha value is -2.82. The van der Waals surface area contributed by atoms with Gasteiger partial charge in [-0.25, -0.2) is 9.18 Å². The van der Waals surface area contributed by atoms with Crippen molar-refractivity contribution in [2.75, 3.05) is 0 Å². The maximum atomic E-state index is 13.2. The van der Waals surface area contributed by atoms with Crippen molar-refractivity contribution >= 4 is 11.0 Å². The Bertz CT molecular complexity index is 867. The van der Waals surface area contributed by atoms with Crippen molar-refractivity contribution in [2.24, 2.45) is 0 Å². The Morgan fingerprint density at radius 2 is 1.85 bits per heavy atom. The molecule has 20 heavy (non-hydrogen) atoms. The second kappa shape index (κ2) is 4.38. The van der Waals surface area contributed by atoms with Crippen molar-refractivity contribution in [3.63, 3.8) is 0 Å². The third kappa shape index (κ3) is 1.89. The molecule has 0 unspecified atom stereocenters. The Labute approximate surface area is 112 Å². The van der Waals surface area contributed by atoms with Gasteiger partial charge in [-0.3, -0.25) is 0 Å². The van der Waals surface area contributed by atoms with Gasteiger partial charge in [-0.1, -0.05) is 12.1 Å². The number of phenols is 2. The van der Waals surface area contributed by atoms with Crippen LogP contribution in [0.25, 0.3) is 22.1 Å². The van der Waals surface area contributed by atoms with Crippen molar-refractivity contribution in [1.82, 2.24) is 0 Å². The fourth-order valence-electron chi connectivity index (χ4n) is 2.02. The highest BCUT2D eigenvalue weighted by Crippen LogP contribution is 2.34. The summed E-state index contributed by atoms with van der Waals surface area (Å²) in [6.45, 7) is 0. The minimum atomic E-state index is -0.719. The number of phenolic OH excluding ortho intramolecular Hbond substituents is 2. The van der Waals surface area contributed by atoms with Gasteiger partial charge >= 0.3 is 5.63 Å². The lowest BCUT2D eigenvalue weighted by atomic mass is 10.1. The highest BCUT2D eigenvalue weighted by molar-refractivity contribution is 5.87. The number of fused-ring (bicyclic) bond motifs is 1. The predicted molar refractivity (Wildman–Crippen MR) is 71.2 cm³/mol. The zero-order valence-electron chi connectivity index (χ0n) is 10.1. The first-order valence-electron chi connectivity index (χ1n) is 5.81. The van der Waals surface area contributed by atoms with Crippen LogP contribution in [-0.2, 0) is 0 Å². The Morgan fingerprint density at radius 3 is 2.60 bits per heavy atom. The summed E-state index contributed by atoms with van der Waals surface area (Å²) < 4.78 is 18.2. The van der Waals surface area contributed by atoms with Crippen LogP contribution in [0.15, 0.2) is 51.7 Å². The molecule has 2 N–H and O–H groups in total. The summed E-state index contributed by atoms with van der Waals surface area (Å²) in [7, 11) is 0. The van der Waals surface area contributed by atoms with E-state index in [4.69, 9.17) is 4.42 Å². The van der Waals surface area contributed by atoms with Crippen molar-refractivity contribution < 1.29 is 19.0 Å². The molecule has 0 spiro atoms. The molecule has 4 nitrogen and oxygen atoms in total. The van der Waals surface area contributed by atoms with Gasteiger partial charge in [0.2, 0.25) is 5.75 Å². The van der Waals surface area contributed by atoms with Crippen molar-refractivity contribution in [2.45, 2.75) is 0 Å². The number of benzene rings is 2. The molecule has 2 aromatic carbocycles. The average Bonchev–Trinajstić information content (AvgIpc) is 2.43. The van der Waals surface area contributed by atoms with E-state index in [0.717, 1.165) is 0 Å². The fourth-order valence-corrected chi connectivity index (χ4v) is 2.02. The molecule has 1 aromatic heterocycles. The van der Waals surface area contributed by atoms with Gasteiger partial charge in [-0.2, -0.15) is 0 Å². The molecular weight excluding hydrogens is 263 g/mol. The van der Waals surface area contributed by atoms with Crippen LogP contribution in [0.2, 0.25) is 0 Å². The van der Waals surface area contributed by atoms with Gasteiger partial charge in [0.25, 0.3) is 0 Å². The quantitative estimate of drug-likeness (QED) is 0.527. The van der Waals surface area contributed by atoms with Crippen LogP contribution >= 0.6 is 0 Å². The zero-order valence-corrected chi connectivity index (χ0v) is 10.1. The smallest absolute Gasteiger partial charge is 0.344 e. The second-order valence-corrected chi connectivity index (χ2v) is 4.31. The van der Waals surface area contributed by atoms with Crippen molar-refractivity contribution in [1.29, 1.82) is 0 Å². The highest BCUT2D eigenvalue weighted by Gasteiger charge is 2.13. The van der Waals surface area contributed by atoms with Crippen LogP contribution in [0.1, 0.15) is 0 Å². The third-order valence-corrected chi connectivity index (χ3v) is 2.99. The minimum absolute atomic E-state index is 0.102. The summed E-state index contributed by atoms with van der Waals surface area (Å²) >= 11 is 0. The van der Waals surface area contributed by atoms with Gasteiger partial charge in [-0.05, 0) is 35.9 Å². The largest absolute Gasteiger partial charge is 0.504 e. The van der Waals surface area contributed by atoms with Gasteiger partial charge in [0.05, 0.1) is 5.56 Å². The molecule has 0 saturated heterocycles. The summed E-state index contributed by atoms with van der Waals surface area (Å²) in [6.07, 6.45) is 0. The number of halogens is 1. The van der Waals surface area contributed by atoms with Crippen LogP contribution in [0, 0.1) is 5.82 Å². The standard InChI is InChI=1S/C15H9FO4/c16-10-3-1-2-8(6-10)11-7-9-4-5-12(17)13(18)14(9)20-15(11)19/h1-7,17-18H. The first-order chi connectivity index (χ1) is 9.56. The van der Waals surface area contributed by atoms with Crippen LogP contribution < -0.4 is 5.63 Å². The molecule has 5 heteroatoms. The Morgan fingerprint density at radius 1 is 1.05 bits per heavy atom. The molecule has 0 aliphatic heterocycles. The topological polar surface area (TPSA) is 70.7 Å². The van der Waals surface area contributed by atoms with Crippen molar-refractivity contribution in [3.8, 4) is 22.6 Å². The molecule has 0 aliphatic carbocycles. The summed E-state index contributed by atoms with van der Waals surface area (Å²) in [5, 5.41) is 19.4. The summed E-state index contributed by atoms with van der Waals surface area (Å²) in [4.78, 5) is 11.9. The Balaban J connectivity index is 2.31. The lowest BCUT2D eigenvalue weighted by molar-refractivity contribution is 0.398. The normalized spacial score (nSPS) is 10.8. The van der Waals surface area contributed by atoms with Crippen LogP contribution in [0.5, 0.6) is 11.5 Å². The number of hydrogen-bond donors (Lipinski definition) is 2. The van der Waals surface area contributed by atoms with Gasteiger partial charge in [0, 0.05) is 5.39 Å². The van der Waals surface area contributed by atoms with Crippen LogP contribution in [0.3, 0.4) is 0 Å². The summed E-state index contributed by atoms with van der Waals surface area (Å²) in [5.74, 6) is -1.33. The molecule has 1 heterocycles. The Kier molecular flexibility index (Phi) is 2.68. The van der Waals surface area contributed by atoms with Crippen LogP contribution in [0.4, 0.5) is 4.39 Å². The second-order valence-electron chi connectivity index (χ2n) is 4.31. The molecule has 0 radical (unpaired) electrons. The highest BCUT2D eigenvalue weighted by atomic mass is 19.1. The monoisotopic (exact) mass is 272 g/mol. The first-order valence-corrected chi connectivity index (χ1v) is 5.81. The van der Waals surface area contributed by atoms with E-state index in [1.54, 1.807) is 6.07 Å². The molecule has 0 amide bonds. The van der Waals surface area contributed by atoms with E-state index in [9.17, 15) is 19.4 Å². The fraction of sp³-hybridized carbons (Fsp3) is 0. The molecule has 0 fully saturated rings. The average molecular weight is 272 g/mol. The number of hydrogen-bond acceptors (Lipinski definition) is 4. The van der Waals surface area contributed by atoms with E-state index < -0.39 is 17.2 Å². The van der Waals surface area contributed by atoms with Gasteiger partial charge in [0.1, 0.15) is 5.82 Å². The summed E-state index contributed by atoms with van der Waals surface area (Å²) in [6, 6.07) is 9.83. The van der Waals surface area contributed by atoms with E-state index in [2.05, 4.69) is 0 Å². The van der Waals surface area contributed by atoms with E-state index in [1.807, 2.05) is 0 Å². The van der Waals surface area contributed by atoms with E-state index in [1.165, 1.54) is 36.4 Å². The number of rotatable bonds is 1. The molecule has 0 bridgehead atoms. The molecule has 0 saturated carbocycles. The molecular formula is C15H9FO4. The molecule has 0 aliphatic rings. The van der Waals surface area contributed by atoms with E-state index in [0.29, 0.717) is 10.9 Å².